The van der Waals surface area contributed by atoms with Gasteiger partial charge >= 0.3 is 0 Å². The summed E-state index contributed by atoms with van der Waals surface area (Å²) in [5, 5.41) is 30.6. The van der Waals surface area contributed by atoms with Crippen LogP contribution in [0.5, 0.6) is 0 Å². The highest BCUT2D eigenvalue weighted by molar-refractivity contribution is 6.23. The van der Waals surface area contributed by atoms with Gasteiger partial charge in [-0.25, -0.2) is 0 Å². The molecule has 0 spiro atoms. The highest BCUT2D eigenvalue weighted by atomic mass is 15.0. The van der Waals surface area contributed by atoms with E-state index in [1.165, 1.54) is 0 Å². The maximum Gasteiger partial charge on any atom is 0.101 e. The summed E-state index contributed by atoms with van der Waals surface area (Å²) in [6.07, 6.45) is 0. The van der Waals surface area contributed by atoms with Crippen molar-refractivity contribution in [2.45, 2.75) is 0 Å². The molecule has 0 aliphatic heterocycles. The molecule has 56 heavy (non-hydrogen) atoms. The monoisotopic (exact) mass is 710 g/mol. The zero-order valence-corrected chi connectivity index (χ0v) is 30.1. The van der Waals surface area contributed by atoms with E-state index >= 15 is 0 Å². The second-order valence-electron chi connectivity index (χ2n) is 14.3. The highest BCUT2D eigenvalue weighted by Crippen LogP contribution is 2.43. The van der Waals surface area contributed by atoms with Crippen LogP contribution in [0.3, 0.4) is 0 Å². The largest absolute Gasteiger partial charge is 0.308 e. The summed E-state index contributed by atoms with van der Waals surface area (Å²) in [6, 6.07) is 68.5. The molecule has 11 rings (SSSR count). The van der Waals surface area contributed by atoms with Gasteiger partial charge in [-0.3, -0.25) is 0 Å². The quantitative estimate of drug-likeness (QED) is 0.183. The number of nitriles is 2. The van der Waals surface area contributed by atoms with Crippen LogP contribution in [0.25, 0.3) is 98.8 Å². The van der Waals surface area contributed by atoms with E-state index < -0.39 is 0 Å². The molecule has 11 aromatic rings. The van der Waals surface area contributed by atoms with Crippen LogP contribution in [0.4, 0.5) is 0 Å². The minimum absolute atomic E-state index is 0.432. The molecular formula is C52H30N4. The summed E-state index contributed by atoms with van der Waals surface area (Å²) >= 11 is 0. The van der Waals surface area contributed by atoms with Crippen molar-refractivity contribution in [3.05, 3.63) is 193 Å². The van der Waals surface area contributed by atoms with Gasteiger partial charge in [-0.1, -0.05) is 133 Å². The molecule has 9 aromatic carbocycles. The highest BCUT2D eigenvalue weighted by Gasteiger charge is 2.23. The fourth-order valence-electron chi connectivity index (χ4n) is 8.85. The third-order valence-electron chi connectivity index (χ3n) is 11.4. The molecule has 4 heteroatoms. The van der Waals surface area contributed by atoms with Gasteiger partial charge in [-0.2, -0.15) is 10.5 Å². The van der Waals surface area contributed by atoms with Crippen molar-refractivity contribution in [2.24, 2.45) is 0 Å². The van der Waals surface area contributed by atoms with Crippen molar-refractivity contribution in [1.29, 1.82) is 10.5 Å². The van der Waals surface area contributed by atoms with Crippen molar-refractivity contribution >= 4 is 65.2 Å². The molecule has 0 amide bonds. The summed E-state index contributed by atoms with van der Waals surface area (Å²) in [5.41, 5.74) is 10.8. The van der Waals surface area contributed by atoms with Gasteiger partial charge in [0, 0.05) is 21.5 Å². The van der Waals surface area contributed by atoms with Crippen molar-refractivity contribution in [2.75, 3.05) is 0 Å². The Morgan fingerprint density at radius 1 is 0.321 bits per heavy atom. The van der Waals surface area contributed by atoms with E-state index in [1.807, 2.05) is 12.1 Å². The lowest BCUT2D eigenvalue weighted by Gasteiger charge is -2.16. The van der Waals surface area contributed by atoms with Gasteiger partial charge in [0.25, 0.3) is 0 Å². The molecule has 0 unspecified atom stereocenters. The normalized spacial score (nSPS) is 11.5. The van der Waals surface area contributed by atoms with Crippen molar-refractivity contribution in [1.82, 2.24) is 9.13 Å². The number of rotatable bonds is 4. The van der Waals surface area contributed by atoms with Gasteiger partial charge < -0.3 is 9.13 Å². The van der Waals surface area contributed by atoms with Gasteiger partial charge in [0.2, 0.25) is 0 Å². The average molecular weight is 711 g/mol. The van der Waals surface area contributed by atoms with Crippen LogP contribution in [0, 0.1) is 22.7 Å². The molecule has 0 radical (unpaired) electrons. The number of hydrogen-bond donors (Lipinski definition) is 0. The van der Waals surface area contributed by atoms with Crippen LogP contribution in [-0.4, -0.2) is 9.13 Å². The third kappa shape index (κ3) is 4.64. The van der Waals surface area contributed by atoms with Crippen LogP contribution in [0.2, 0.25) is 0 Å². The molecule has 4 nitrogen and oxygen atoms in total. The topological polar surface area (TPSA) is 57.4 Å². The third-order valence-corrected chi connectivity index (χ3v) is 11.4. The van der Waals surface area contributed by atoms with E-state index in [0.29, 0.717) is 11.1 Å². The average Bonchev–Trinajstić information content (AvgIpc) is 3.79. The SMILES string of the molecule is N#Cc1cc(C#N)c(-n2c3ccc(-c4ccccc4)cc3c3c4ccccc4ccc32)cc1-n1c2ccc(-c3ccccc3)cc2c2c3ccccc3ccc21. The van der Waals surface area contributed by atoms with E-state index in [4.69, 9.17) is 0 Å². The lowest BCUT2D eigenvalue weighted by Crippen LogP contribution is -2.04. The Morgan fingerprint density at radius 2 is 0.732 bits per heavy atom. The van der Waals surface area contributed by atoms with E-state index in [2.05, 4.69) is 185 Å². The summed E-state index contributed by atoms with van der Waals surface area (Å²) < 4.78 is 4.43. The summed E-state index contributed by atoms with van der Waals surface area (Å²) in [6.45, 7) is 0. The zero-order valence-electron chi connectivity index (χ0n) is 30.1. The molecule has 258 valence electrons. The Balaban J connectivity index is 1.25. The zero-order chi connectivity index (χ0) is 37.3. The predicted octanol–water partition coefficient (Wildman–Crippen LogP) is 13.3. The molecule has 0 saturated heterocycles. The minimum Gasteiger partial charge on any atom is -0.308 e. The molecule has 0 atom stereocenters. The maximum atomic E-state index is 10.8. The van der Waals surface area contributed by atoms with Crippen LogP contribution >= 0.6 is 0 Å². The molecule has 2 heterocycles. The lowest BCUT2D eigenvalue weighted by atomic mass is 10.0. The first kappa shape index (κ1) is 31.6. The van der Waals surface area contributed by atoms with Gasteiger partial charge in [0.1, 0.15) is 12.1 Å². The Kier molecular flexibility index (Phi) is 6.95. The van der Waals surface area contributed by atoms with E-state index in [1.54, 1.807) is 6.07 Å². The van der Waals surface area contributed by atoms with Crippen LogP contribution in [-0.2, 0) is 0 Å². The number of aromatic nitrogens is 2. The van der Waals surface area contributed by atoms with E-state index in [0.717, 1.165) is 98.8 Å². The van der Waals surface area contributed by atoms with Gasteiger partial charge in [-0.15, -0.1) is 0 Å². The fourth-order valence-corrected chi connectivity index (χ4v) is 8.85. The standard InChI is InChI=1S/C52H30N4/c53-31-39-27-40(32-54)50(56-46-24-22-38(34-13-5-2-6-14-34)29-44(46)52-42-18-10-8-16-36(42)20-26-48(52)56)30-49(39)55-45-23-21-37(33-11-3-1-4-12-33)28-43(45)51-41-17-9-7-15-35(41)19-25-47(51)55/h1-30H. The molecule has 0 saturated carbocycles. The molecule has 0 fully saturated rings. The van der Waals surface area contributed by atoms with Crippen LogP contribution in [0.15, 0.2) is 182 Å². The first-order valence-corrected chi connectivity index (χ1v) is 18.7. The molecule has 0 aliphatic carbocycles. The fraction of sp³-hybridized carbons (Fsp3) is 0. The second-order valence-corrected chi connectivity index (χ2v) is 14.3. The Morgan fingerprint density at radius 3 is 1.18 bits per heavy atom. The van der Waals surface area contributed by atoms with Crippen molar-refractivity contribution in [3.8, 4) is 45.8 Å². The van der Waals surface area contributed by atoms with Crippen LogP contribution < -0.4 is 0 Å². The first-order valence-electron chi connectivity index (χ1n) is 18.7. The minimum atomic E-state index is 0.432. The van der Waals surface area contributed by atoms with Crippen LogP contribution in [0.1, 0.15) is 11.1 Å². The lowest BCUT2D eigenvalue weighted by molar-refractivity contribution is 1.12. The molecule has 0 bridgehead atoms. The Hall–Kier alpha value is -7.92. The number of nitrogens with zero attached hydrogens (tertiary/aromatic N) is 4. The Labute approximate surface area is 322 Å². The maximum absolute atomic E-state index is 10.8. The number of benzene rings is 9. The number of fused-ring (bicyclic) bond motifs is 10. The Bertz CT molecular complexity index is 3250. The summed E-state index contributed by atoms with van der Waals surface area (Å²) in [5.74, 6) is 0. The van der Waals surface area contributed by atoms with Gasteiger partial charge in [0.05, 0.1) is 44.6 Å². The van der Waals surface area contributed by atoms with Gasteiger partial charge in [0.15, 0.2) is 0 Å². The van der Waals surface area contributed by atoms with Gasteiger partial charge in [-0.05, 0) is 92.3 Å². The molecule has 0 N–H and O–H groups in total. The molecule has 0 aliphatic rings. The first-order chi connectivity index (χ1) is 27.7. The van der Waals surface area contributed by atoms with Crippen molar-refractivity contribution < 1.29 is 0 Å². The van der Waals surface area contributed by atoms with Crippen molar-refractivity contribution in [3.63, 3.8) is 0 Å². The number of hydrogen-bond acceptors (Lipinski definition) is 2. The summed E-state index contributed by atoms with van der Waals surface area (Å²) in [7, 11) is 0. The smallest absolute Gasteiger partial charge is 0.101 e. The molecule has 2 aromatic heterocycles. The molecular weight excluding hydrogens is 681 g/mol. The predicted molar refractivity (Wildman–Crippen MR) is 230 cm³/mol. The second kappa shape index (κ2) is 12.3. The van der Waals surface area contributed by atoms with E-state index in [-0.39, 0.29) is 0 Å². The van der Waals surface area contributed by atoms with E-state index in [9.17, 15) is 10.5 Å². The summed E-state index contributed by atoms with van der Waals surface area (Å²) in [4.78, 5) is 0.